The van der Waals surface area contributed by atoms with Gasteiger partial charge in [0, 0.05) is 0 Å². The molecule has 0 amide bonds. The van der Waals surface area contributed by atoms with E-state index in [-0.39, 0.29) is 17.1 Å². The first kappa shape index (κ1) is 14.7. The van der Waals surface area contributed by atoms with Crippen LogP contribution in [0, 0.1) is 60.1 Å². The van der Waals surface area contributed by atoms with E-state index in [1.807, 2.05) is 44.9 Å². The van der Waals surface area contributed by atoms with Gasteiger partial charge in [-0.05, 0) is 51.4 Å². The second-order valence-corrected chi connectivity index (χ2v) is 4.20. The first-order valence-corrected chi connectivity index (χ1v) is 5.41. The van der Waals surface area contributed by atoms with E-state index in [9.17, 15) is 0 Å². The predicted octanol–water partition coefficient (Wildman–Crippen LogP) is 3.53. The summed E-state index contributed by atoms with van der Waals surface area (Å²) in [5, 5.41) is 0. The van der Waals surface area contributed by atoms with Crippen molar-refractivity contribution < 1.29 is 17.1 Å². The molecule has 10 radical (unpaired) electrons. The number of hydrogen-bond acceptors (Lipinski definition) is 0. The van der Waals surface area contributed by atoms with Crippen molar-refractivity contribution in [2.75, 3.05) is 0 Å². The normalized spacial score (nSPS) is 23.5. The molecular formula is C10H8BrFeI+2. The van der Waals surface area contributed by atoms with E-state index >= 15 is 0 Å². The molecule has 0 aliphatic heterocycles. The third-order valence-electron chi connectivity index (χ3n) is 1.27. The molecule has 0 atom stereocenters. The number of hydrogen-bond donors (Lipinski definition) is 0. The Kier molecular flexibility index (Phi) is 10.2. The molecule has 2 aliphatic rings. The van der Waals surface area contributed by atoms with Crippen LogP contribution in [0.2, 0.25) is 0 Å². The molecule has 2 saturated carbocycles. The molecule has 0 aromatic heterocycles. The Hall–Kier alpha value is 1.73. The molecule has 0 spiro atoms. The van der Waals surface area contributed by atoms with Gasteiger partial charge in [0.05, 0.1) is 8.75 Å². The van der Waals surface area contributed by atoms with Crippen molar-refractivity contribution in [1.82, 2.24) is 0 Å². The molecule has 0 unspecified atom stereocenters. The minimum absolute atomic E-state index is 0. The van der Waals surface area contributed by atoms with Crippen LogP contribution >= 0.6 is 38.5 Å². The second-order valence-electron chi connectivity index (χ2n) is 2.18. The van der Waals surface area contributed by atoms with E-state index < -0.39 is 0 Å². The molecule has 0 aromatic rings. The maximum absolute atomic E-state index is 3.36. The van der Waals surface area contributed by atoms with Crippen LogP contribution in [-0.4, -0.2) is 0 Å². The fourth-order valence-corrected chi connectivity index (χ4v) is 1.37. The zero-order valence-corrected chi connectivity index (χ0v) is 11.6. The maximum atomic E-state index is 3.36. The molecule has 0 nitrogen and oxygen atoms in total. The Morgan fingerprint density at radius 1 is 0.846 bits per heavy atom. The quantitative estimate of drug-likeness (QED) is 0.438. The summed E-state index contributed by atoms with van der Waals surface area (Å²) in [4.78, 5) is 1.19. The molecular weight excluding hydrogens is 383 g/mol. The summed E-state index contributed by atoms with van der Waals surface area (Å²) < 4.78 is 1.28. The van der Waals surface area contributed by atoms with Gasteiger partial charge in [-0.2, -0.15) is 0 Å². The molecule has 0 saturated heterocycles. The molecule has 68 valence electrons. The van der Waals surface area contributed by atoms with Gasteiger partial charge in [-0.3, -0.25) is 0 Å². The predicted molar refractivity (Wildman–Crippen MR) is 63.8 cm³/mol. The molecule has 2 rings (SSSR count). The summed E-state index contributed by atoms with van der Waals surface area (Å²) in [6, 6.07) is 0. The first-order valence-electron chi connectivity index (χ1n) is 3.54. The molecule has 2 aliphatic carbocycles. The van der Waals surface area contributed by atoms with Gasteiger partial charge in [-0.1, -0.05) is 38.5 Å². The van der Waals surface area contributed by atoms with E-state index in [0.29, 0.717) is 0 Å². The fraction of sp³-hybridized carbons (Fsp3) is 0. The zero-order chi connectivity index (χ0) is 8.81. The molecule has 0 bridgehead atoms. The smallest absolute Gasteiger partial charge is 0.0819 e. The molecule has 0 N–H and O–H groups in total. The fourth-order valence-electron chi connectivity index (χ4n) is 0.697. The summed E-state index contributed by atoms with van der Waals surface area (Å²) >= 11 is 5.63. The van der Waals surface area contributed by atoms with Gasteiger partial charge in [0.2, 0.25) is 0 Å². The average molecular weight is 391 g/mol. The third kappa shape index (κ3) is 6.75. The summed E-state index contributed by atoms with van der Waals surface area (Å²) in [6.07, 6.45) is 16.1. The van der Waals surface area contributed by atoms with Crippen molar-refractivity contribution in [1.29, 1.82) is 0 Å². The molecule has 2 fully saturated rings. The van der Waals surface area contributed by atoms with Gasteiger partial charge in [0.1, 0.15) is 0 Å². The Morgan fingerprint density at radius 3 is 1.46 bits per heavy atom. The minimum atomic E-state index is 0. The number of rotatable bonds is 0. The molecule has 0 heterocycles. The summed E-state index contributed by atoms with van der Waals surface area (Å²) in [5.74, 6) is 0. The van der Waals surface area contributed by atoms with Crippen LogP contribution in [0.4, 0.5) is 0 Å². The first-order chi connectivity index (χ1) is 5.80. The molecule has 3 heteroatoms. The average Bonchev–Trinajstić information content (AvgIpc) is 2.67. The largest absolute Gasteiger partial charge is 2.00 e. The Bertz CT molecular complexity index is 102. The summed E-state index contributed by atoms with van der Waals surface area (Å²) in [5.41, 5.74) is 0. The van der Waals surface area contributed by atoms with Crippen LogP contribution in [0.5, 0.6) is 0 Å². The van der Waals surface area contributed by atoms with Gasteiger partial charge in [0.25, 0.3) is 0 Å². The van der Waals surface area contributed by atoms with E-state index in [4.69, 9.17) is 0 Å². The monoisotopic (exact) mass is 390 g/mol. The van der Waals surface area contributed by atoms with Crippen molar-refractivity contribution in [3.05, 3.63) is 60.1 Å². The van der Waals surface area contributed by atoms with Crippen LogP contribution in [0.1, 0.15) is 0 Å². The maximum Gasteiger partial charge on any atom is 2.00 e. The standard InChI is InChI=1S/C5H3BrI.C5H5.Fe/c6-4-2-1-3-5(4)7;1-2-4-5-3-1;/h1-3H;1-5H;/q;;+2. The second kappa shape index (κ2) is 8.99. The van der Waals surface area contributed by atoms with Crippen LogP contribution in [-0.2, 0) is 17.1 Å². The third-order valence-corrected chi connectivity index (χ3v) is 3.64. The van der Waals surface area contributed by atoms with Gasteiger partial charge in [-0.25, -0.2) is 0 Å². The molecule has 13 heavy (non-hydrogen) atoms. The summed E-state index contributed by atoms with van der Waals surface area (Å²) in [7, 11) is 0. The van der Waals surface area contributed by atoms with Gasteiger partial charge in [-0.15, -0.1) is 0 Å². The topological polar surface area (TPSA) is 0 Å². The minimum Gasteiger partial charge on any atom is -0.0819 e. The number of halogens is 2. The van der Waals surface area contributed by atoms with Gasteiger partial charge < -0.3 is 0 Å². The van der Waals surface area contributed by atoms with E-state index in [1.165, 1.54) is 8.75 Å². The van der Waals surface area contributed by atoms with Crippen molar-refractivity contribution in [3.63, 3.8) is 0 Å². The Morgan fingerprint density at radius 2 is 1.31 bits per heavy atom. The van der Waals surface area contributed by atoms with Crippen LogP contribution in [0.3, 0.4) is 0 Å². The zero-order valence-electron chi connectivity index (χ0n) is 6.73. The van der Waals surface area contributed by atoms with E-state index in [2.05, 4.69) is 44.9 Å². The van der Waals surface area contributed by atoms with Crippen molar-refractivity contribution in [2.45, 2.75) is 0 Å². The van der Waals surface area contributed by atoms with Crippen molar-refractivity contribution in [2.24, 2.45) is 0 Å². The van der Waals surface area contributed by atoms with Crippen LogP contribution in [0.25, 0.3) is 0 Å². The van der Waals surface area contributed by atoms with Crippen molar-refractivity contribution in [3.8, 4) is 0 Å². The Balaban J connectivity index is 0.000000215. The van der Waals surface area contributed by atoms with Crippen molar-refractivity contribution >= 4 is 38.5 Å². The van der Waals surface area contributed by atoms with Crippen LogP contribution in [0.15, 0.2) is 0 Å². The van der Waals surface area contributed by atoms with Gasteiger partial charge >= 0.3 is 17.1 Å². The summed E-state index contributed by atoms with van der Waals surface area (Å²) in [6.45, 7) is 0. The SMILES string of the molecule is Br[C]1[CH][CH][CH][C]1I.[CH]1[CH][CH][CH][CH]1.[Fe+2]. The van der Waals surface area contributed by atoms with Gasteiger partial charge in [0.15, 0.2) is 0 Å². The van der Waals surface area contributed by atoms with E-state index in [0.717, 1.165) is 0 Å². The van der Waals surface area contributed by atoms with Crippen LogP contribution < -0.4 is 0 Å². The molecule has 0 aromatic carbocycles. The van der Waals surface area contributed by atoms with E-state index in [1.54, 1.807) is 0 Å². The Labute approximate surface area is 115 Å².